The van der Waals surface area contributed by atoms with Crippen LogP contribution < -0.4 is 5.73 Å². The van der Waals surface area contributed by atoms with Gasteiger partial charge in [-0.1, -0.05) is 19.9 Å². The Morgan fingerprint density at radius 1 is 1.47 bits per heavy atom. The van der Waals surface area contributed by atoms with Crippen LogP contribution in [0.4, 0.5) is 0 Å². The number of rotatable bonds is 3. The van der Waals surface area contributed by atoms with Crippen molar-refractivity contribution in [3.63, 3.8) is 0 Å². The van der Waals surface area contributed by atoms with Crippen molar-refractivity contribution in [2.45, 2.75) is 19.8 Å². The van der Waals surface area contributed by atoms with E-state index < -0.39 is 0 Å². The van der Waals surface area contributed by atoms with Crippen molar-refractivity contribution in [3.05, 3.63) is 36.4 Å². The van der Waals surface area contributed by atoms with E-state index in [2.05, 4.69) is 31.0 Å². The summed E-state index contributed by atoms with van der Waals surface area (Å²) >= 11 is 0. The average Bonchev–Trinajstić information content (AvgIpc) is 2.66. The molecule has 2 aromatic heterocycles. The van der Waals surface area contributed by atoms with Crippen molar-refractivity contribution in [3.8, 4) is 0 Å². The minimum absolute atomic E-state index is 0.408. The zero-order chi connectivity index (χ0) is 10.8. The highest BCUT2D eigenvalue weighted by Gasteiger charge is 2.16. The van der Waals surface area contributed by atoms with E-state index in [1.165, 1.54) is 11.1 Å². The Bertz CT molecular complexity index is 445. The minimum Gasteiger partial charge on any atom is -0.330 e. The maximum absolute atomic E-state index is 5.84. The number of hydrogen-bond acceptors (Lipinski definition) is 2. The van der Waals surface area contributed by atoms with Gasteiger partial charge >= 0.3 is 0 Å². The van der Waals surface area contributed by atoms with Crippen LogP contribution in [0.2, 0.25) is 0 Å². The number of imidazole rings is 1. The lowest BCUT2D eigenvalue weighted by Crippen LogP contribution is -2.18. The van der Waals surface area contributed by atoms with E-state index in [1.807, 2.05) is 23.1 Å². The van der Waals surface area contributed by atoms with Crippen LogP contribution in [0.1, 0.15) is 25.3 Å². The third-order valence-corrected chi connectivity index (χ3v) is 2.94. The van der Waals surface area contributed by atoms with Crippen LogP contribution in [0.5, 0.6) is 0 Å². The van der Waals surface area contributed by atoms with Gasteiger partial charge in [-0.15, -0.1) is 0 Å². The van der Waals surface area contributed by atoms with Gasteiger partial charge in [0, 0.05) is 12.1 Å². The second-order valence-corrected chi connectivity index (χ2v) is 4.24. The molecule has 1 unspecified atom stereocenters. The largest absolute Gasteiger partial charge is 0.330 e. The fraction of sp³-hybridized carbons (Fsp3) is 0.417. The molecule has 0 fully saturated rings. The summed E-state index contributed by atoms with van der Waals surface area (Å²) in [4.78, 5) is 4.16. The number of nitrogens with two attached hydrogens (primary N) is 1. The molecule has 0 aliphatic rings. The van der Waals surface area contributed by atoms with Gasteiger partial charge < -0.3 is 10.1 Å². The van der Waals surface area contributed by atoms with E-state index in [9.17, 15) is 0 Å². The molecule has 0 saturated carbocycles. The van der Waals surface area contributed by atoms with Crippen molar-refractivity contribution >= 4 is 5.52 Å². The van der Waals surface area contributed by atoms with Crippen molar-refractivity contribution in [2.24, 2.45) is 11.7 Å². The molecule has 0 radical (unpaired) electrons. The number of fused-ring (bicyclic) bond motifs is 1. The van der Waals surface area contributed by atoms with Crippen molar-refractivity contribution < 1.29 is 0 Å². The van der Waals surface area contributed by atoms with E-state index in [0.29, 0.717) is 18.4 Å². The monoisotopic (exact) mass is 203 g/mol. The van der Waals surface area contributed by atoms with Gasteiger partial charge in [0.05, 0.1) is 18.0 Å². The summed E-state index contributed by atoms with van der Waals surface area (Å²) < 4.78 is 2.04. The van der Waals surface area contributed by atoms with E-state index >= 15 is 0 Å². The highest BCUT2D eigenvalue weighted by Crippen LogP contribution is 2.26. The first kappa shape index (κ1) is 10.2. The molecule has 0 aliphatic carbocycles. The Morgan fingerprint density at radius 2 is 2.27 bits per heavy atom. The fourth-order valence-corrected chi connectivity index (χ4v) is 2.04. The first-order chi connectivity index (χ1) is 7.24. The van der Waals surface area contributed by atoms with Gasteiger partial charge in [0.2, 0.25) is 0 Å². The van der Waals surface area contributed by atoms with Gasteiger partial charge in [-0.25, -0.2) is 4.98 Å². The van der Waals surface area contributed by atoms with Crippen molar-refractivity contribution in [2.75, 3.05) is 6.54 Å². The topological polar surface area (TPSA) is 43.3 Å². The first-order valence-electron chi connectivity index (χ1n) is 5.34. The van der Waals surface area contributed by atoms with Crippen LogP contribution in [0.15, 0.2) is 30.9 Å². The second kappa shape index (κ2) is 4.03. The van der Waals surface area contributed by atoms with E-state index in [1.54, 1.807) is 0 Å². The highest BCUT2D eigenvalue weighted by atomic mass is 15.0. The zero-order valence-electron chi connectivity index (χ0n) is 9.22. The smallest absolute Gasteiger partial charge is 0.0992 e. The molecule has 2 heterocycles. The molecule has 0 aromatic carbocycles. The lowest BCUT2D eigenvalue weighted by molar-refractivity contribution is 0.508. The molecule has 3 nitrogen and oxygen atoms in total. The Balaban J connectivity index is 2.54. The number of pyridine rings is 1. The molecule has 0 spiro atoms. The van der Waals surface area contributed by atoms with Gasteiger partial charge in [-0.3, -0.25) is 0 Å². The summed E-state index contributed by atoms with van der Waals surface area (Å²) in [6.07, 6.45) is 5.74. The highest BCUT2D eigenvalue weighted by molar-refractivity contribution is 5.55. The quantitative estimate of drug-likeness (QED) is 0.829. The molecule has 2 aromatic rings. The summed E-state index contributed by atoms with van der Waals surface area (Å²) in [6, 6.07) is 4.20. The SMILES string of the molecule is CC(C)C(CN)c1cccn2cncc12. The predicted octanol–water partition coefficient (Wildman–Crippen LogP) is 2.03. The van der Waals surface area contributed by atoms with Crippen molar-refractivity contribution in [1.29, 1.82) is 0 Å². The summed E-state index contributed by atoms with van der Waals surface area (Å²) in [5.41, 5.74) is 8.30. The predicted molar refractivity (Wildman–Crippen MR) is 61.8 cm³/mol. The van der Waals surface area contributed by atoms with Crippen molar-refractivity contribution in [1.82, 2.24) is 9.38 Å². The standard InChI is InChI=1S/C12H17N3/c1-9(2)11(6-13)10-4-3-5-15-8-14-7-12(10)15/h3-5,7-9,11H,6,13H2,1-2H3. The second-order valence-electron chi connectivity index (χ2n) is 4.24. The van der Waals surface area contributed by atoms with Crippen LogP contribution in [-0.2, 0) is 0 Å². The average molecular weight is 203 g/mol. The molecule has 2 N–H and O–H groups in total. The van der Waals surface area contributed by atoms with Crippen LogP contribution in [-0.4, -0.2) is 15.9 Å². The summed E-state index contributed by atoms with van der Waals surface area (Å²) in [5, 5.41) is 0. The van der Waals surface area contributed by atoms with Gasteiger partial charge in [-0.2, -0.15) is 0 Å². The third-order valence-electron chi connectivity index (χ3n) is 2.94. The molecule has 1 atom stereocenters. The Kier molecular flexibility index (Phi) is 2.73. The molecule has 3 heteroatoms. The molecule has 0 amide bonds. The summed E-state index contributed by atoms with van der Waals surface area (Å²) in [7, 11) is 0. The Hall–Kier alpha value is -1.35. The number of aromatic nitrogens is 2. The number of hydrogen-bond donors (Lipinski definition) is 1. The van der Waals surface area contributed by atoms with E-state index in [0.717, 1.165) is 0 Å². The molecule has 0 saturated heterocycles. The fourth-order valence-electron chi connectivity index (χ4n) is 2.04. The molecule has 15 heavy (non-hydrogen) atoms. The molecule has 2 rings (SSSR count). The molecule has 0 aliphatic heterocycles. The van der Waals surface area contributed by atoms with E-state index in [-0.39, 0.29) is 0 Å². The normalized spacial score (nSPS) is 13.6. The molecule has 80 valence electrons. The van der Waals surface area contributed by atoms with Crippen LogP contribution in [0.3, 0.4) is 0 Å². The molecular weight excluding hydrogens is 186 g/mol. The van der Waals surface area contributed by atoms with Crippen LogP contribution in [0.25, 0.3) is 5.52 Å². The van der Waals surface area contributed by atoms with Gasteiger partial charge in [0.25, 0.3) is 0 Å². The molecular formula is C12H17N3. The maximum atomic E-state index is 5.84. The van der Waals surface area contributed by atoms with Gasteiger partial charge in [0.1, 0.15) is 0 Å². The van der Waals surface area contributed by atoms with Gasteiger partial charge in [0.15, 0.2) is 0 Å². The van der Waals surface area contributed by atoms with Crippen LogP contribution >= 0.6 is 0 Å². The Labute approximate surface area is 89.9 Å². The van der Waals surface area contributed by atoms with Gasteiger partial charge in [-0.05, 0) is 24.1 Å². The lowest BCUT2D eigenvalue weighted by Gasteiger charge is -2.20. The lowest BCUT2D eigenvalue weighted by atomic mass is 9.88. The maximum Gasteiger partial charge on any atom is 0.0992 e. The zero-order valence-corrected chi connectivity index (χ0v) is 9.22. The number of nitrogens with zero attached hydrogens (tertiary/aromatic N) is 2. The summed E-state index contributed by atoms with van der Waals surface area (Å²) in [6.45, 7) is 5.09. The summed E-state index contributed by atoms with van der Waals surface area (Å²) in [5.74, 6) is 0.960. The first-order valence-corrected chi connectivity index (χ1v) is 5.34. The molecule has 0 bridgehead atoms. The minimum atomic E-state index is 0.408. The Morgan fingerprint density at radius 3 is 2.93 bits per heavy atom. The van der Waals surface area contributed by atoms with E-state index in [4.69, 9.17) is 5.73 Å². The third kappa shape index (κ3) is 1.75. The van der Waals surface area contributed by atoms with Crippen LogP contribution in [0, 0.1) is 5.92 Å².